The number of aliphatic carboxylic acids is 1. The predicted molar refractivity (Wildman–Crippen MR) is 57.5 cm³/mol. The van der Waals surface area contributed by atoms with Crippen LogP contribution in [0, 0.1) is 5.41 Å². The van der Waals surface area contributed by atoms with Crippen LogP contribution in [0.4, 0.5) is 0 Å². The van der Waals surface area contributed by atoms with Crippen LogP contribution in [0.5, 0.6) is 0 Å². The van der Waals surface area contributed by atoms with Gasteiger partial charge >= 0.3 is 5.97 Å². The van der Waals surface area contributed by atoms with Crippen molar-refractivity contribution < 1.29 is 24.2 Å². The van der Waals surface area contributed by atoms with E-state index in [4.69, 9.17) is 14.6 Å². The second-order valence-electron chi connectivity index (χ2n) is 4.81. The van der Waals surface area contributed by atoms with Crippen molar-refractivity contribution in [2.24, 2.45) is 5.41 Å². The molecule has 2 rings (SSSR count). The number of likely N-dealkylation sites (tertiary alicyclic amines) is 1. The highest BCUT2D eigenvalue weighted by Crippen LogP contribution is 2.30. The van der Waals surface area contributed by atoms with Gasteiger partial charge in [-0.25, -0.2) is 0 Å². The molecule has 2 aliphatic rings. The summed E-state index contributed by atoms with van der Waals surface area (Å²) in [7, 11) is 0. The van der Waals surface area contributed by atoms with Gasteiger partial charge in [-0.3, -0.25) is 9.59 Å². The van der Waals surface area contributed by atoms with Gasteiger partial charge < -0.3 is 19.5 Å². The van der Waals surface area contributed by atoms with Gasteiger partial charge in [-0.1, -0.05) is 0 Å². The maximum absolute atomic E-state index is 12.0. The van der Waals surface area contributed by atoms with E-state index in [0.717, 1.165) is 0 Å². The highest BCUT2D eigenvalue weighted by molar-refractivity contribution is 5.83. The van der Waals surface area contributed by atoms with E-state index in [2.05, 4.69) is 0 Å². The Kier molecular flexibility index (Phi) is 3.35. The number of carbonyl (C=O) groups excluding carboxylic acids is 1. The molecule has 2 aliphatic heterocycles. The maximum Gasteiger partial charge on any atom is 0.311 e. The lowest BCUT2D eigenvalue weighted by atomic mass is 9.90. The van der Waals surface area contributed by atoms with E-state index in [0.29, 0.717) is 26.2 Å². The molecule has 2 fully saturated rings. The number of carboxylic acid groups (broad SMARTS) is 1. The van der Waals surface area contributed by atoms with Crippen LogP contribution in [0.3, 0.4) is 0 Å². The molecular weight excluding hydrogens is 226 g/mol. The smallest absolute Gasteiger partial charge is 0.311 e. The van der Waals surface area contributed by atoms with E-state index in [1.807, 2.05) is 0 Å². The minimum atomic E-state index is -0.853. The lowest BCUT2D eigenvalue weighted by molar-refractivity contribution is -0.158. The van der Waals surface area contributed by atoms with Crippen LogP contribution < -0.4 is 0 Å². The number of amides is 1. The molecule has 0 spiro atoms. The molecular formula is C11H17NO5. The number of ether oxygens (including phenoxy) is 2. The van der Waals surface area contributed by atoms with Crippen LogP contribution in [0.25, 0.3) is 0 Å². The third kappa shape index (κ3) is 2.42. The van der Waals surface area contributed by atoms with E-state index >= 15 is 0 Å². The fourth-order valence-corrected chi connectivity index (χ4v) is 2.16. The van der Waals surface area contributed by atoms with Gasteiger partial charge in [0.2, 0.25) is 0 Å². The van der Waals surface area contributed by atoms with Gasteiger partial charge in [0.25, 0.3) is 5.91 Å². The minimum Gasteiger partial charge on any atom is -0.481 e. The first-order chi connectivity index (χ1) is 8.03. The van der Waals surface area contributed by atoms with Crippen LogP contribution in [-0.4, -0.2) is 60.9 Å². The summed E-state index contributed by atoms with van der Waals surface area (Å²) in [6.45, 7) is 3.58. The van der Waals surface area contributed by atoms with Crippen molar-refractivity contribution in [1.82, 2.24) is 4.90 Å². The molecule has 6 nitrogen and oxygen atoms in total. The second kappa shape index (κ2) is 4.62. The van der Waals surface area contributed by atoms with Crippen molar-refractivity contribution in [2.75, 3.05) is 32.9 Å². The normalized spacial score (nSPS) is 33.7. The number of carboxylic acids is 1. The van der Waals surface area contributed by atoms with Crippen molar-refractivity contribution in [2.45, 2.75) is 19.4 Å². The molecule has 0 unspecified atom stereocenters. The van der Waals surface area contributed by atoms with Crippen LogP contribution in [0.15, 0.2) is 0 Å². The van der Waals surface area contributed by atoms with Gasteiger partial charge in [0, 0.05) is 13.1 Å². The summed E-state index contributed by atoms with van der Waals surface area (Å²) >= 11 is 0. The first-order valence-electron chi connectivity index (χ1n) is 5.74. The van der Waals surface area contributed by atoms with E-state index in [9.17, 15) is 9.59 Å². The van der Waals surface area contributed by atoms with Crippen LogP contribution in [0.2, 0.25) is 0 Å². The summed E-state index contributed by atoms with van der Waals surface area (Å²) in [5.74, 6) is -1.01. The van der Waals surface area contributed by atoms with Crippen LogP contribution >= 0.6 is 0 Å². The number of hydrogen-bond donors (Lipinski definition) is 1. The molecule has 0 aromatic carbocycles. The zero-order chi connectivity index (χ0) is 12.5. The maximum atomic E-state index is 12.0. The van der Waals surface area contributed by atoms with Gasteiger partial charge in [0.1, 0.15) is 0 Å². The topological polar surface area (TPSA) is 76.1 Å². The first kappa shape index (κ1) is 12.3. The molecule has 6 heteroatoms. The highest BCUT2D eigenvalue weighted by atomic mass is 16.6. The molecule has 0 saturated carbocycles. The standard InChI is InChI=1S/C11H17NO5/c1-11(10(14)15)2-3-12(7-11)9(13)8-6-16-4-5-17-8/h8H,2-7H2,1H3,(H,14,15)/t8-,11+/m1/s1. The molecule has 96 valence electrons. The van der Waals surface area contributed by atoms with E-state index in [-0.39, 0.29) is 19.1 Å². The Morgan fingerprint density at radius 1 is 1.41 bits per heavy atom. The number of hydrogen-bond acceptors (Lipinski definition) is 4. The molecule has 2 heterocycles. The fourth-order valence-electron chi connectivity index (χ4n) is 2.16. The van der Waals surface area contributed by atoms with Crippen molar-refractivity contribution >= 4 is 11.9 Å². The third-order valence-corrected chi connectivity index (χ3v) is 3.39. The summed E-state index contributed by atoms with van der Waals surface area (Å²) < 4.78 is 10.5. The van der Waals surface area contributed by atoms with Crippen molar-refractivity contribution in [3.63, 3.8) is 0 Å². The van der Waals surface area contributed by atoms with Crippen LogP contribution in [0.1, 0.15) is 13.3 Å². The molecule has 17 heavy (non-hydrogen) atoms. The quantitative estimate of drug-likeness (QED) is 0.722. The van der Waals surface area contributed by atoms with Gasteiger partial charge in [0.15, 0.2) is 6.10 Å². The zero-order valence-corrected chi connectivity index (χ0v) is 9.85. The monoisotopic (exact) mass is 243 g/mol. The zero-order valence-electron chi connectivity index (χ0n) is 9.85. The third-order valence-electron chi connectivity index (χ3n) is 3.39. The molecule has 0 aromatic rings. The SMILES string of the molecule is C[C@]1(C(=O)O)CCN(C(=O)[C@H]2COCCO2)C1. The Hall–Kier alpha value is -1.14. The van der Waals surface area contributed by atoms with Gasteiger partial charge in [-0.15, -0.1) is 0 Å². The fraction of sp³-hybridized carbons (Fsp3) is 0.818. The molecule has 0 bridgehead atoms. The first-order valence-corrected chi connectivity index (χ1v) is 5.74. The molecule has 2 atom stereocenters. The van der Waals surface area contributed by atoms with Gasteiger partial charge in [0.05, 0.1) is 25.2 Å². The van der Waals surface area contributed by atoms with Gasteiger partial charge in [-0.05, 0) is 13.3 Å². The summed E-state index contributed by atoms with van der Waals surface area (Å²) in [6.07, 6.45) is -0.0818. The van der Waals surface area contributed by atoms with Crippen molar-refractivity contribution in [3.05, 3.63) is 0 Å². The Balaban J connectivity index is 1.95. The largest absolute Gasteiger partial charge is 0.481 e. The average molecular weight is 243 g/mol. The average Bonchev–Trinajstić information content (AvgIpc) is 2.74. The minimum absolute atomic E-state index is 0.158. The van der Waals surface area contributed by atoms with E-state index in [1.54, 1.807) is 11.8 Å². The highest BCUT2D eigenvalue weighted by Gasteiger charge is 2.43. The summed E-state index contributed by atoms with van der Waals surface area (Å²) in [5.41, 5.74) is -0.828. The molecule has 1 N–H and O–H groups in total. The Morgan fingerprint density at radius 3 is 2.71 bits per heavy atom. The molecule has 1 amide bonds. The van der Waals surface area contributed by atoms with E-state index in [1.165, 1.54) is 0 Å². The number of nitrogens with zero attached hydrogens (tertiary/aromatic N) is 1. The van der Waals surface area contributed by atoms with Crippen LogP contribution in [-0.2, 0) is 19.1 Å². The van der Waals surface area contributed by atoms with E-state index < -0.39 is 17.5 Å². The Bertz CT molecular complexity index is 326. The van der Waals surface area contributed by atoms with Crippen molar-refractivity contribution in [3.8, 4) is 0 Å². The molecule has 0 radical (unpaired) electrons. The lowest BCUT2D eigenvalue weighted by Gasteiger charge is -2.27. The number of carbonyl (C=O) groups is 2. The molecule has 0 aromatic heterocycles. The summed E-state index contributed by atoms with van der Waals surface area (Å²) in [4.78, 5) is 24.7. The van der Waals surface area contributed by atoms with Crippen molar-refractivity contribution in [1.29, 1.82) is 0 Å². The van der Waals surface area contributed by atoms with Gasteiger partial charge in [-0.2, -0.15) is 0 Å². The summed E-state index contributed by atoms with van der Waals surface area (Å²) in [5, 5.41) is 9.09. The summed E-state index contributed by atoms with van der Waals surface area (Å²) in [6, 6.07) is 0. The Morgan fingerprint density at radius 2 is 2.18 bits per heavy atom. The number of rotatable bonds is 2. The molecule has 0 aliphatic carbocycles. The second-order valence-corrected chi connectivity index (χ2v) is 4.81. The Labute approximate surface area is 99.5 Å². The predicted octanol–water partition coefficient (Wildman–Crippen LogP) is -0.275. The lowest BCUT2D eigenvalue weighted by Crippen LogP contribution is -2.45. The molecule has 2 saturated heterocycles.